The van der Waals surface area contributed by atoms with Crippen LogP contribution >= 0.6 is 11.3 Å². The van der Waals surface area contributed by atoms with E-state index in [9.17, 15) is 0 Å². The molecule has 0 unspecified atom stereocenters. The normalized spacial score (nSPS) is 12.2. The zero-order valence-corrected chi connectivity index (χ0v) is 12.7. The van der Waals surface area contributed by atoms with Crippen LogP contribution < -0.4 is 5.73 Å². The van der Waals surface area contributed by atoms with E-state index >= 15 is 0 Å². The summed E-state index contributed by atoms with van der Waals surface area (Å²) in [5.41, 5.74) is 8.64. The number of hydrogen-bond donors (Lipinski definition) is 1. The highest BCUT2D eigenvalue weighted by atomic mass is 32.1. The highest BCUT2D eigenvalue weighted by Gasteiger charge is 2.23. The van der Waals surface area contributed by atoms with Crippen molar-refractivity contribution in [2.45, 2.75) is 32.9 Å². The Hall–Kier alpha value is -1.72. The monoisotopic (exact) mass is 286 g/mol. The van der Waals surface area contributed by atoms with Gasteiger partial charge in [0, 0.05) is 17.5 Å². The van der Waals surface area contributed by atoms with Crippen molar-refractivity contribution in [1.82, 2.24) is 14.5 Å². The lowest BCUT2D eigenvalue weighted by Crippen LogP contribution is -2.22. The SMILES string of the molecule is CC(C)(C)n1c(-c2csc(CN)n2)nc2ccccc21. The molecule has 0 aliphatic heterocycles. The fourth-order valence-electron chi connectivity index (χ4n) is 2.38. The Kier molecular flexibility index (Phi) is 3.11. The van der Waals surface area contributed by atoms with Crippen LogP contribution in [0.4, 0.5) is 0 Å². The van der Waals surface area contributed by atoms with E-state index in [2.05, 4.69) is 36.4 Å². The summed E-state index contributed by atoms with van der Waals surface area (Å²) in [5.74, 6) is 0.912. The Morgan fingerprint density at radius 1 is 1.20 bits per heavy atom. The molecule has 104 valence electrons. The first kappa shape index (κ1) is 13.3. The van der Waals surface area contributed by atoms with E-state index in [4.69, 9.17) is 10.7 Å². The summed E-state index contributed by atoms with van der Waals surface area (Å²) >= 11 is 1.58. The van der Waals surface area contributed by atoms with Gasteiger partial charge in [0.05, 0.1) is 11.0 Å². The van der Waals surface area contributed by atoms with Gasteiger partial charge in [0.15, 0.2) is 5.82 Å². The van der Waals surface area contributed by atoms with Crippen LogP contribution in [0.25, 0.3) is 22.6 Å². The molecule has 0 radical (unpaired) electrons. The molecule has 2 N–H and O–H groups in total. The summed E-state index contributed by atoms with van der Waals surface area (Å²) in [4.78, 5) is 9.34. The van der Waals surface area contributed by atoms with Gasteiger partial charge in [0.25, 0.3) is 0 Å². The second-order valence-electron chi connectivity index (χ2n) is 5.76. The zero-order chi connectivity index (χ0) is 14.3. The average Bonchev–Trinajstić information content (AvgIpc) is 3.01. The molecule has 2 heterocycles. The second kappa shape index (κ2) is 4.68. The van der Waals surface area contributed by atoms with Gasteiger partial charge < -0.3 is 10.3 Å². The van der Waals surface area contributed by atoms with Crippen molar-refractivity contribution < 1.29 is 0 Å². The summed E-state index contributed by atoms with van der Waals surface area (Å²) in [5, 5.41) is 2.97. The van der Waals surface area contributed by atoms with E-state index < -0.39 is 0 Å². The van der Waals surface area contributed by atoms with E-state index in [1.165, 1.54) is 0 Å². The fraction of sp³-hybridized carbons (Fsp3) is 0.333. The maximum absolute atomic E-state index is 5.66. The molecule has 0 saturated heterocycles. The summed E-state index contributed by atoms with van der Waals surface area (Å²) in [6.45, 7) is 7.02. The zero-order valence-electron chi connectivity index (χ0n) is 11.9. The lowest BCUT2D eigenvalue weighted by Gasteiger charge is -2.24. The van der Waals surface area contributed by atoms with Gasteiger partial charge in [0.2, 0.25) is 0 Å². The molecule has 4 nitrogen and oxygen atoms in total. The summed E-state index contributed by atoms with van der Waals surface area (Å²) < 4.78 is 2.25. The molecule has 0 aliphatic carbocycles. The predicted molar refractivity (Wildman–Crippen MR) is 83.7 cm³/mol. The lowest BCUT2D eigenvalue weighted by molar-refractivity contribution is 0.412. The topological polar surface area (TPSA) is 56.7 Å². The number of rotatable bonds is 2. The van der Waals surface area contributed by atoms with Gasteiger partial charge in [-0.25, -0.2) is 9.97 Å². The Bertz CT molecular complexity index is 749. The van der Waals surface area contributed by atoms with Gasteiger partial charge in [-0.15, -0.1) is 11.3 Å². The third kappa shape index (κ3) is 2.13. The van der Waals surface area contributed by atoms with Crippen molar-refractivity contribution >= 4 is 22.4 Å². The van der Waals surface area contributed by atoms with E-state index in [0.717, 1.165) is 27.6 Å². The molecule has 5 heteroatoms. The maximum Gasteiger partial charge on any atom is 0.161 e. The largest absolute Gasteiger partial charge is 0.325 e. The lowest BCUT2D eigenvalue weighted by atomic mass is 10.1. The van der Waals surface area contributed by atoms with Gasteiger partial charge >= 0.3 is 0 Å². The van der Waals surface area contributed by atoms with Crippen LogP contribution in [0.15, 0.2) is 29.6 Å². The molecule has 2 aromatic heterocycles. The van der Waals surface area contributed by atoms with Gasteiger partial charge in [-0.1, -0.05) is 12.1 Å². The third-order valence-corrected chi connectivity index (χ3v) is 4.06. The van der Waals surface area contributed by atoms with Gasteiger partial charge in [-0.3, -0.25) is 0 Å². The Morgan fingerprint density at radius 2 is 1.95 bits per heavy atom. The van der Waals surface area contributed by atoms with Gasteiger partial charge in [-0.2, -0.15) is 0 Å². The third-order valence-electron chi connectivity index (χ3n) is 3.19. The summed E-state index contributed by atoms with van der Waals surface area (Å²) in [6.07, 6.45) is 0. The van der Waals surface area contributed by atoms with E-state index in [0.29, 0.717) is 6.54 Å². The highest BCUT2D eigenvalue weighted by Crippen LogP contribution is 2.31. The second-order valence-corrected chi connectivity index (χ2v) is 6.70. The number of imidazole rings is 1. The van der Waals surface area contributed by atoms with Crippen molar-refractivity contribution in [1.29, 1.82) is 0 Å². The summed E-state index contributed by atoms with van der Waals surface area (Å²) in [7, 11) is 0. The molecule has 3 aromatic rings. The molecule has 0 bridgehead atoms. The van der Waals surface area contributed by atoms with Crippen molar-refractivity contribution in [3.8, 4) is 11.5 Å². The van der Waals surface area contributed by atoms with Crippen molar-refractivity contribution in [3.63, 3.8) is 0 Å². The number of para-hydroxylation sites is 2. The van der Waals surface area contributed by atoms with E-state index in [-0.39, 0.29) is 5.54 Å². The number of thiazole rings is 1. The van der Waals surface area contributed by atoms with E-state index in [1.807, 2.05) is 23.6 Å². The molecule has 0 fully saturated rings. The number of aromatic nitrogens is 3. The first-order valence-corrected chi connectivity index (χ1v) is 7.51. The van der Waals surface area contributed by atoms with Crippen LogP contribution in [0.2, 0.25) is 0 Å². The molecule has 0 saturated carbocycles. The smallest absolute Gasteiger partial charge is 0.161 e. The number of nitrogens with two attached hydrogens (primary N) is 1. The van der Waals surface area contributed by atoms with Crippen LogP contribution in [0.1, 0.15) is 25.8 Å². The number of benzene rings is 1. The molecular formula is C15H18N4S. The van der Waals surface area contributed by atoms with Crippen LogP contribution in [0, 0.1) is 0 Å². The average molecular weight is 286 g/mol. The van der Waals surface area contributed by atoms with E-state index in [1.54, 1.807) is 11.3 Å². The molecule has 1 aromatic carbocycles. The highest BCUT2D eigenvalue weighted by molar-refractivity contribution is 7.09. The van der Waals surface area contributed by atoms with Crippen molar-refractivity contribution in [3.05, 3.63) is 34.7 Å². The quantitative estimate of drug-likeness (QED) is 0.785. The molecule has 0 atom stereocenters. The van der Waals surface area contributed by atoms with Crippen LogP contribution in [-0.4, -0.2) is 14.5 Å². The number of hydrogen-bond acceptors (Lipinski definition) is 4. The minimum Gasteiger partial charge on any atom is -0.325 e. The van der Waals surface area contributed by atoms with Crippen molar-refractivity contribution in [2.24, 2.45) is 5.73 Å². The molecule has 0 spiro atoms. The van der Waals surface area contributed by atoms with Crippen LogP contribution in [0.3, 0.4) is 0 Å². The molecule has 3 rings (SSSR count). The Labute approximate surface area is 122 Å². The predicted octanol–water partition coefficient (Wildman–Crippen LogP) is 3.37. The Balaban J connectivity index is 2.29. The minimum atomic E-state index is -0.0576. The van der Waals surface area contributed by atoms with Crippen molar-refractivity contribution in [2.75, 3.05) is 0 Å². The molecule has 0 amide bonds. The first-order chi connectivity index (χ1) is 9.50. The summed E-state index contributed by atoms with van der Waals surface area (Å²) in [6, 6.07) is 8.20. The first-order valence-electron chi connectivity index (χ1n) is 6.63. The Morgan fingerprint density at radius 3 is 2.60 bits per heavy atom. The van der Waals surface area contributed by atoms with Gasteiger partial charge in [-0.05, 0) is 32.9 Å². The fourth-order valence-corrected chi connectivity index (χ4v) is 3.04. The number of nitrogens with zero attached hydrogens (tertiary/aromatic N) is 3. The van der Waals surface area contributed by atoms with Gasteiger partial charge in [0.1, 0.15) is 10.7 Å². The molecule has 20 heavy (non-hydrogen) atoms. The van der Waals surface area contributed by atoms with Crippen LogP contribution in [0.5, 0.6) is 0 Å². The van der Waals surface area contributed by atoms with Crippen LogP contribution in [-0.2, 0) is 12.1 Å². The standard InChI is InChI=1S/C15H18N4S/c1-15(2,3)19-12-7-5-4-6-10(12)18-14(19)11-9-20-13(8-16)17-11/h4-7,9H,8,16H2,1-3H3. The maximum atomic E-state index is 5.66. The molecular weight excluding hydrogens is 268 g/mol. The minimum absolute atomic E-state index is 0.0576. The number of fused-ring (bicyclic) bond motifs is 1. The molecule has 0 aliphatic rings.